The van der Waals surface area contributed by atoms with E-state index in [0.717, 1.165) is 5.56 Å². The molecule has 3 amide bonds. The smallest absolute Gasteiger partial charge is 0.337 e. The topological polar surface area (TPSA) is 116 Å². The Bertz CT molecular complexity index is 1160. The minimum absolute atomic E-state index is 0.274. The summed E-state index contributed by atoms with van der Waals surface area (Å²) in [6, 6.07) is 14.1. The van der Waals surface area contributed by atoms with E-state index >= 15 is 0 Å². The number of nitrogens with one attached hydrogen (secondary N) is 2. The van der Waals surface area contributed by atoms with Crippen LogP contribution in [0, 0.1) is 0 Å². The molecule has 0 bridgehead atoms. The Hall–Kier alpha value is -4.40. The van der Waals surface area contributed by atoms with Crippen molar-refractivity contribution in [1.29, 1.82) is 0 Å². The quantitative estimate of drug-likeness (QED) is 0.434. The van der Waals surface area contributed by atoms with E-state index in [1.165, 1.54) is 19.5 Å². The molecule has 2 heterocycles. The molecule has 1 atom stereocenters. The van der Waals surface area contributed by atoms with Gasteiger partial charge in [-0.25, -0.2) is 9.59 Å². The second kappa shape index (κ2) is 9.17. The second-order valence-electron chi connectivity index (χ2n) is 6.86. The van der Waals surface area contributed by atoms with Crippen LogP contribution in [0.15, 0.2) is 67.0 Å². The van der Waals surface area contributed by atoms with E-state index in [0.29, 0.717) is 28.4 Å². The van der Waals surface area contributed by atoms with Crippen molar-refractivity contribution < 1.29 is 28.6 Å². The number of pyridine rings is 1. The zero-order chi connectivity index (χ0) is 22.5. The van der Waals surface area contributed by atoms with Crippen LogP contribution in [0.5, 0.6) is 17.2 Å². The Balaban J connectivity index is 1.42. The van der Waals surface area contributed by atoms with Gasteiger partial charge in [0.05, 0.1) is 12.7 Å². The van der Waals surface area contributed by atoms with Gasteiger partial charge in [0.1, 0.15) is 29.9 Å². The third-order valence-corrected chi connectivity index (χ3v) is 4.70. The van der Waals surface area contributed by atoms with Crippen LogP contribution in [0.2, 0.25) is 0 Å². The van der Waals surface area contributed by atoms with Gasteiger partial charge < -0.3 is 19.5 Å². The van der Waals surface area contributed by atoms with Gasteiger partial charge >= 0.3 is 12.0 Å². The molecule has 4 rings (SSSR count). The number of rotatable bonds is 7. The molecular weight excluding hydrogens is 414 g/mol. The monoisotopic (exact) mass is 433 g/mol. The average Bonchev–Trinajstić information content (AvgIpc) is 3.16. The minimum Gasteiger partial charge on any atom is -0.489 e. The number of benzene rings is 2. The molecule has 0 saturated carbocycles. The molecule has 32 heavy (non-hydrogen) atoms. The van der Waals surface area contributed by atoms with E-state index in [1.807, 2.05) is 6.07 Å². The number of imide groups is 1. The van der Waals surface area contributed by atoms with Crippen molar-refractivity contribution >= 4 is 17.9 Å². The van der Waals surface area contributed by atoms with E-state index in [2.05, 4.69) is 15.6 Å². The maximum absolute atomic E-state index is 12.0. The predicted molar refractivity (Wildman–Crippen MR) is 112 cm³/mol. The summed E-state index contributed by atoms with van der Waals surface area (Å²) in [4.78, 5) is 39.1. The average molecular weight is 433 g/mol. The van der Waals surface area contributed by atoms with Gasteiger partial charge in [-0.2, -0.15) is 0 Å². The van der Waals surface area contributed by atoms with Gasteiger partial charge in [0, 0.05) is 18.0 Å². The first-order chi connectivity index (χ1) is 15.5. The molecule has 3 aromatic rings. The summed E-state index contributed by atoms with van der Waals surface area (Å²) in [5.74, 6) is 0.655. The number of urea groups is 1. The van der Waals surface area contributed by atoms with Gasteiger partial charge in [0.25, 0.3) is 5.91 Å². The summed E-state index contributed by atoms with van der Waals surface area (Å²) in [6.07, 6.45) is 3.01. The van der Waals surface area contributed by atoms with Crippen LogP contribution in [-0.2, 0) is 16.1 Å². The Labute approximate surface area is 183 Å². The molecule has 1 aliphatic rings. The molecule has 9 nitrogen and oxygen atoms in total. The SMILES string of the molecule is COC(=O)c1cccc(COc2ccc(Oc3ccncc3C3NC(=O)NC3=O)cc2)c1. The molecule has 1 fully saturated rings. The lowest BCUT2D eigenvalue weighted by atomic mass is 10.1. The lowest BCUT2D eigenvalue weighted by Crippen LogP contribution is -2.22. The summed E-state index contributed by atoms with van der Waals surface area (Å²) in [5, 5.41) is 4.72. The molecule has 1 saturated heterocycles. The number of methoxy groups -OCH3 is 1. The number of aromatic nitrogens is 1. The first-order valence-corrected chi connectivity index (χ1v) is 9.67. The third-order valence-electron chi connectivity index (χ3n) is 4.70. The third kappa shape index (κ3) is 4.67. The van der Waals surface area contributed by atoms with E-state index in [1.54, 1.807) is 48.5 Å². The maximum Gasteiger partial charge on any atom is 0.337 e. The highest BCUT2D eigenvalue weighted by molar-refractivity contribution is 6.04. The number of esters is 1. The molecule has 9 heteroatoms. The maximum atomic E-state index is 12.0. The highest BCUT2D eigenvalue weighted by atomic mass is 16.5. The van der Waals surface area contributed by atoms with Crippen molar-refractivity contribution in [3.8, 4) is 17.2 Å². The van der Waals surface area contributed by atoms with Gasteiger partial charge in [-0.1, -0.05) is 12.1 Å². The molecule has 162 valence electrons. The molecule has 2 aromatic carbocycles. The zero-order valence-electron chi connectivity index (χ0n) is 17.0. The van der Waals surface area contributed by atoms with Crippen molar-refractivity contribution in [3.63, 3.8) is 0 Å². The lowest BCUT2D eigenvalue weighted by Gasteiger charge is -2.14. The fraction of sp³-hybridized carbons (Fsp3) is 0.130. The summed E-state index contributed by atoms with van der Waals surface area (Å²) < 4.78 is 16.4. The number of nitrogens with zero attached hydrogens (tertiary/aromatic N) is 1. The number of carbonyl (C=O) groups is 3. The Kier molecular flexibility index (Phi) is 5.98. The van der Waals surface area contributed by atoms with Crippen LogP contribution in [0.3, 0.4) is 0 Å². The fourth-order valence-electron chi connectivity index (χ4n) is 3.14. The van der Waals surface area contributed by atoms with Crippen LogP contribution < -0.4 is 20.1 Å². The van der Waals surface area contributed by atoms with Crippen LogP contribution >= 0.6 is 0 Å². The number of carbonyl (C=O) groups excluding carboxylic acids is 3. The lowest BCUT2D eigenvalue weighted by molar-refractivity contribution is -0.120. The van der Waals surface area contributed by atoms with Crippen molar-refractivity contribution in [3.05, 3.63) is 83.7 Å². The first-order valence-electron chi connectivity index (χ1n) is 9.67. The number of amides is 3. The standard InChI is InChI=1S/C23H19N3O6/c1-30-22(28)15-4-2-3-14(11-15)13-31-16-5-7-17(8-6-16)32-19-9-10-24-12-18(19)20-21(27)26-23(29)25-20/h2-12,20H,13H2,1H3,(H2,25,26,27,29). The Morgan fingerprint density at radius 1 is 1.06 bits per heavy atom. The van der Waals surface area contributed by atoms with Crippen molar-refractivity contribution in [2.45, 2.75) is 12.6 Å². The minimum atomic E-state index is -0.866. The number of hydrogen-bond acceptors (Lipinski definition) is 7. The normalized spacial score (nSPS) is 15.0. The van der Waals surface area contributed by atoms with Crippen LogP contribution in [0.25, 0.3) is 0 Å². The second-order valence-corrected chi connectivity index (χ2v) is 6.86. The van der Waals surface area contributed by atoms with Crippen LogP contribution in [0.1, 0.15) is 27.5 Å². The van der Waals surface area contributed by atoms with E-state index in [4.69, 9.17) is 14.2 Å². The van der Waals surface area contributed by atoms with Crippen molar-refractivity contribution in [2.24, 2.45) is 0 Å². The van der Waals surface area contributed by atoms with E-state index < -0.39 is 23.9 Å². The van der Waals surface area contributed by atoms with Gasteiger partial charge in [-0.3, -0.25) is 15.1 Å². The molecule has 1 aliphatic heterocycles. The number of hydrogen-bond donors (Lipinski definition) is 2. The van der Waals surface area contributed by atoms with E-state index in [-0.39, 0.29) is 6.61 Å². The molecule has 0 aliphatic carbocycles. The molecule has 0 spiro atoms. The van der Waals surface area contributed by atoms with Crippen LogP contribution in [0.4, 0.5) is 4.79 Å². The fourth-order valence-corrected chi connectivity index (χ4v) is 3.14. The molecule has 1 aromatic heterocycles. The van der Waals surface area contributed by atoms with Gasteiger partial charge in [0.15, 0.2) is 0 Å². The molecule has 1 unspecified atom stereocenters. The summed E-state index contributed by atoms with van der Waals surface area (Å²) >= 11 is 0. The van der Waals surface area contributed by atoms with Crippen LogP contribution in [-0.4, -0.2) is 30.0 Å². The summed E-state index contributed by atoms with van der Waals surface area (Å²) in [5.41, 5.74) is 1.73. The summed E-state index contributed by atoms with van der Waals surface area (Å²) in [6.45, 7) is 0.274. The zero-order valence-corrected chi connectivity index (χ0v) is 17.0. The highest BCUT2D eigenvalue weighted by Gasteiger charge is 2.33. The molecule has 2 N–H and O–H groups in total. The van der Waals surface area contributed by atoms with Gasteiger partial charge in [0.2, 0.25) is 0 Å². The van der Waals surface area contributed by atoms with Crippen molar-refractivity contribution in [1.82, 2.24) is 15.6 Å². The van der Waals surface area contributed by atoms with E-state index in [9.17, 15) is 14.4 Å². The first kappa shape index (κ1) is 20.9. The largest absolute Gasteiger partial charge is 0.489 e. The molecular formula is C23H19N3O6. The van der Waals surface area contributed by atoms with Gasteiger partial charge in [-0.15, -0.1) is 0 Å². The summed E-state index contributed by atoms with van der Waals surface area (Å²) in [7, 11) is 1.34. The molecule has 0 radical (unpaired) electrons. The Morgan fingerprint density at radius 3 is 2.56 bits per heavy atom. The Morgan fingerprint density at radius 2 is 1.84 bits per heavy atom. The predicted octanol–water partition coefficient (Wildman–Crippen LogP) is 3.12. The number of ether oxygens (including phenoxy) is 3. The highest BCUT2D eigenvalue weighted by Crippen LogP contribution is 2.31. The van der Waals surface area contributed by atoms with Gasteiger partial charge in [-0.05, 0) is 48.0 Å². The van der Waals surface area contributed by atoms with Crippen molar-refractivity contribution in [2.75, 3.05) is 7.11 Å².